The lowest BCUT2D eigenvalue weighted by atomic mass is 9.79. The fourth-order valence-electron chi connectivity index (χ4n) is 5.09. The van der Waals surface area contributed by atoms with E-state index < -0.39 is 0 Å². The van der Waals surface area contributed by atoms with Crippen LogP contribution in [0, 0.1) is 11.8 Å². The van der Waals surface area contributed by atoms with Crippen molar-refractivity contribution >= 4 is 10.9 Å². The molecule has 2 heterocycles. The summed E-state index contributed by atoms with van der Waals surface area (Å²) in [7, 11) is 0. The highest BCUT2D eigenvalue weighted by Crippen LogP contribution is 2.35. The Morgan fingerprint density at radius 3 is 2.25 bits per heavy atom. The van der Waals surface area contributed by atoms with Crippen LogP contribution in [0.15, 0.2) is 36.5 Å². The van der Waals surface area contributed by atoms with Crippen LogP contribution in [0.2, 0.25) is 0 Å². The van der Waals surface area contributed by atoms with E-state index in [4.69, 9.17) is 0 Å². The van der Waals surface area contributed by atoms with E-state index in [1.165, 1.54) is 62.5 Å². The topological polar surface area (TPSA) is 8.17 Å². The number of rotatable bonds is 3. The molecule has 1 saturated heterocycles. The zero-order chi connectivity index (χ0) is 16.5. The number of hydrogen-bond donors (Lipinski definition) is 0. The van der Waals surface area contributed by atoms with E-state index >= 15 is 0 Å². The lowest BCUT2D eigenvalue weighted by Gasteiger charge is -2.42. The van der Waals surface area contributed by atoms with Gasteiger partial charge in [-0.3, -0.25) is 0 Å². The summed E-state index contributed by atoms with van der Waals surface area (Å²) in [4.78, 5) is 2.80. The van der Waals surface area contributed by atoms with Gasteiger partial charge in [0.15, 0.2) is 0 Å². The first-order valence-electron chi connectivity index (χ1n) is 10.0. The molecule has 0 spiro atoms. The summed E-state index contributed by atoms with van der Waals surface area (Å²) in [6, 6.07) is 12.6. The number of para-hydroxylation sites is 1. The molecular formula is C22H32N2. The molecule has 2 aliphatic rings. The minimum absolute atomic E-state index is 0.688. The molecule has 2 nitrogen and oxygen atoms in total. The van der Waals surface area contributed by atoms with Crippen LogP contribution in [0.4, 0.5) is 0 Å². The molecule has 0 atom stereocenters. The highest BCUT2D eigenvalue weighted by atomic mass is 15.2. The van der Waals surface area contributed by atoms with Crippen LogP contribution in [0.3, 0.4) is 0 Å². The molecule has 24 heavy (non-hydrogen) atoms. The van der Waals surface area contributed by atoms with Gasteiger partial charge in [0.25, 0.3) is 0 Å². The van der Waals surface area contributed by atoms with Gasteiger partial charge < -0.3 is 9.47 Å². The number of nitrogens with zero attached hydrogens (tertiary/aromatic N) is 2. The maximum absolute atomic E-state index is 2.80. The number of hydrogen-bond acceptors (Lipinski definition) is 1. The van der Waals surface area contributed by atoms with Crippen molar-refractivity contribution in [1.82, 2.24) is 9.47 Å². The molecule has 0 bridgehead atoms. The zero-order valence-electron chi connectivity index (χ0n) is 15.3. The maximum Gasteiger partial charge on any atom is 0.0482 e. The van der Waals surface area contributed by atoms with Gasteiger partial charge in [-0.05, 0) is 67.9 Å². The summed E-state index contributed by atoms with van der Waals surface area (Å²) in [6.45, 7) is 7.37. The van der Waals surface area contributed by atoms with Gasteiger partial charge in [0.2, 0.25) is 0 Å². The number of benzene rings is 1. The molecule has 1 aromatic carbocycles. The average Bonchev–Trinajstić information content (AvgIpc) is 3.06. The van der Waals surface area contributed by atoms with Crippen LogP contribution in [-0.2, 0) is 0 Å². The molecule has 1 saturated carbocycles. The predicted octanol–water partition coefficient (Wildman–Crippen LogP) is 5.49. The summed E-state index contributed by atoms with van der Waals surface area (Å²) >= 11 is 0. The van der Waals surface area contributed by atoms with Crippen LogP contribution in [0.5, 0.6) is 0 Å². The number of fused-ring (bicyclic) bond motifs is 1. The minimum Gasteiger partial charge on any atom is -0.344 e. The van der Waals surface area contributed by atoms with Crippen LogP contribution >= 0.6 is 0 Å². The first kappa shape index (κ1) is 16.2. The molecule has 2 aromatic rings. The van der Waals surface area contributed by atoms with Crippen molar-refractivity contribution in [3.8, 4) is 0 Å². The monoisotopic (exact) mass is 324 g/mol. The zero-order valence-corrected chi connectivity index (χ0v) is 15.3. The number of likely N-dealkylation sites (tertiary alicyclic amines) is 1. The van der Waals surface area contributed by atoms with Gasteiger partial charge in [-0.15, -0.1) is 0 Å². The molecule has 0 N–H and O–H groups in total. The van der Waals surface area contributed by atoms with Crippen LogP contribution in [-0.4, -0.2) is 28.6 Å². The second-order valence-electron chi connectivity index (χ2n) is 8.36. The molecule has 130 valence electrons. The lowest BCUT2D eigenvalue weighted by molar-refractivity contribution is 0.0894. The second-order valence-corrected chi connectivity index (χ2v) is 8.36. The fraction of sp³-hybridized carbons (Fsp3) is 0.636. The Bertz CT molecular complexity index is 655. The largest absolute Gasteiger partial charge is 0.344 e. The van der Waals surface area contributed by atoms with E-state index in [1.54, 1.807) is 0 Å². The van der Waals surface area contributed by atoms with Gasteiger partial charge in [-0.1, -0.05) is 32.0 Å². The minimum atomic E-state index is 0.688. The highest BCUT2D eigenvalue weighted by molar-refractivity contribution is 5.80. The molecule has 1 aliphatic heterocycles. The number of piperidine rings is 1. The first-order valence-corrected chi connectivity index (χ1v) is 10.0. The Labute approximate surface area is 146 Å². The van der Waals surface area contributed by atoms with E-state index in [-0.39, 0.29) is 0 Å². The molecule has 1 aliphatic carbocycles. The van der Waals surface area contributed by atoms with Crippen molar-refractivity contribution in [1.29, 1.82) is 0 Å². The van der Waals surface area contributed by atoms with Crippen LogP contribution < -0.4 is 0 Å². The first-order chi connectivity index (χ1) is 11.7. The highest BCUT2D eigenvalue weighted by Gasteiger charge is 2.30. The van der Waals surface area contributed by atoms with E-state index in [9.17, 15) is 0 Å². The summed E-state index contributed by atoms with van der Waals surface area (Å²) in [5.41, 5.74) is 1.41. The normalized spacial score (nSPS) is 27.1. The smallest absolute Gasteiger partial charge is 0.0482 e. The van der Waals surface area contributed by atoms with E-state index in [0.717, 1.165) is 17.9 Å². The summed E-state index contributed by atoms with van der Waals surface area (Å²) in [6.07, 6.45) is 10.7. The Kier molecular flexibility index (Phi) is 4.67. The van der Waals surface area contributed by atoms with Crippen LogP contribution in [0.1, 0.15) is 58.4 Å². The summed E-state index contributed by atoms with van der Waals surface area (Å²) in [5, 5.41) is 1.38. The van der Waals surface area contributed by atoms with E-state index in [2.05, 4.69) is 59.8 Å². The van der Waals surface area contributed by atoms with Crippen molar-refractivity contribution in [3.63, 3.8) is 0 Å². The SMILES string of the molecule is CC(C)[C@H]1CC[C@@H](N2CCC(n3ccc4ccccc43)CC2)CC1. The average molecular weight is 325 g/mol. The number of aromatic nitrogens is 1. The van der Waals surface area contributed by atoms with Crippen molar-refractivity contribution < 1.29 is 0 Å². The third-order valence-corrected chi connectivity index (χ3v) is 6.72. The summed E-state index contributed by atoms with van der Waals surface area (Å²) < 4.78 is 2.53. The Balaban J connectivity index is 1.36. The van der Waals surface area contributed by atoms with Gasteiger partial charge in [-0.2, -0.15) is 0 Å². The summed E-state index contributed by atoms with van der Waals surface area (Å²) in [5.74, 6) is 1.85. The molecule has 0 amide bonds. The third-order valence-electron chi connectivity index (χ3n) is 6.72. The van der Waals surface area contributed by atoms with Gasteiger partial charge in [0, 0.05) is 36.9 Å². The van der Waals surface area contributed by atoms with Gasteiger partial charge in [0.1, 0.15) is 0 Å². The molecular weight excluding hydrogens is 292 g/mol. The van der Waals surface area contributed by atoms with Gasteiger partial charge in [-0.25, -0.2) is 0 Å². The molecule has 2 heteroatoms. The Hall–Kier alpha value is -1.28. The Morgan fingerprint density at radius 2 is 1.54 bits per heavy atom. The molecule has 0 unspecified atom stereocenters. The van der Waals surface area contributed by atoms with E-state index in [1.807, 2.05) is 0 Å². The molecule has 4 rings (SSSR count). The standard InChI is InChI=1S/C22H32N2/c1-17(2)18-7-9-20(10-8-18)23-14-12-21(13-15-23)24-16-11-19-5-3-4-6-22(19)24/h3-6,11,16-18,20-21H,7-10,12-15H2,1-2H3/t18-,20+. The van der Waals surface area contributed by atoms with Crippen molar-refractivity contribution in [2.45, 2.75) is 64.5 Å². The van der Waals surface area contributed by atoms with Crippen molar-refractivity contribution in [2.24, 2.45) is 11.8 Å². The Morgan fingerprint density at radius 1 is 0.833 bits per heavy atom. The van der Waals surface area contributed by atoms with E-state index in [0.29, 0.717) is 6.04 Å². The van der Waals surface area contributed by atoms with Crippen LogP contribution in [0.25, 0.3) is 10.9 Å². The van der Waals surface area contributed by atoms with Crippen molar-refractivity contribution in [2.75, 3.05) is 13.1 Å². The fourth-order valence-corrected chi connectivity index (χ4v) is 5.09. The molecule has 0 radical (unpaired) electrons. The lowest BCUT2D eigenvalue weighted by Crippen LogP contribution is -2.43. The van der Waals surface area contributed by atoms with Gasteiger partial charge >= 0.3 is 0 Å². The molecule has 1 aromatic heterocycles. The maximum atomic E-state index is 2.80. The molecule has 2 fully saturated rings. The quantitative estimate of drug-likeness (QED) is 0.724. The second kappa shape index (κ2) is 6.92. The third kappa shape index (κ3) is 3.13. The van der Waals surface area contributed by atoms with Crippen molar-refractivity contribution in [3.05, 3.63) is 36.5 Å². The predicted molar refractivity (Wildman–Crippen MR) is 102 cm³/mol. The van der Waals surface area contributed by atoms with Gasteiger partial charge in [0.05, 0.1) is 0 Å².